The van der Waals surface area contributed by atoms with Gasteiger partial charge in [-0.05, 0) is 25.0 Å². The van der Waals surface area contributed by atoms with Gasteiger partial charge >= 0.3 is 6.09 Å². The van der Waals surface area contributed by atoms with Crippen LogP contribution >= 0.6 is 0 Å². The van der Waals surface area contributed by atoms with E-state index in [1.54, 1.807) is 4.90 Å². The number of benzene rings is 1. The Labute approximate surface area is 132 Å². The molecule has 0 radical (unpaired) electrons. The molecule has 1 aliphatic heterocycles. The van der Waals surface area contributed by atoms with E-state index in [1.807, 2.05) is 43.3 Å². The summed E-state index contributed by atoms with van der Waals surface area (Å²) in [6, 6.07) is 10.0. The van der Waals surface area contributed by atoms with Gasteiger partial charge in [-0.1, -0.05) is 36.3 Å². The topological polar surface area (TPSA) is 41.6 Å². The Morgan fingerprint density at radius 2 is 2.23 bits per heavy atom. The number of carbonyl (C=O) groups excluding carboxylic acids is 1. The zero-order valence-corrected chi connectivity index (χ0v) is 12.9. The van der Waals surface area contributed by atoms with Crippen LogP contribution in [0.5, 0.6) is 0 Å². The van der Waals surface area contributed by atoms with Gasteiger partial charge in [0, 0.05) is 25.6 Å². The van der Waals surface area contributed by atoms with Gasteiger partial charge in [-0.2, -0.15) is 0 Å². The van der Waals surface area contributed by atoms with Crippen molar-refractivity contribution in [3.63, 3.8) is 0 Å². The van der Waals surface area contributed by atoms with E-state index in [-0.39, 0.29) is 18.7 Å². The van der Waals surface area contributed by atoms with Crippen LogP contribution in [0.2, 0.25) is 0 Å². The van der Waals surface area contributed by atoms with Crippen molar-refractivity contribution in [2.75, 3.05) is 19.6 Å². The first-order valence-corrected chi connectivity index (χ1v) is 7.56. The molecule has 1 heterocycles. The molecule has 4 heteroatoms. The van der Waals surface area contributed by atoms with Gasteiger partial charge in [0.25, 0.3) is 0 Å². The van der Waals surface area contributed by atoms with Crippen LogP contribution in [-0.2, 0) is 11.2 Å². The predicted molar refractivity (Wildman–Crippen MR) is 87.2 cm³/mol. The lowest BCUT2D eigenvalue weighted by Crippen LogP contribution is -2.40. The molecule has 0 aliphatic carbocycles. The normalized spacial score (nSPS) is 15.4. The van der Waals surface area contributed by atoms with Gasteiger partial charge in [-0.3, -0.25) is 4.90 Å². The molecule has 2 rings (SSSR count). The van der Waals surface area contributed by atoms with Crippen molar-refractivity contribution < 1.29 is 9.53 Å². The standard InChI is InChI=1S/C18H22N2O2/c1-3-13-20(15(2)14-16-7-5-4-6-8-16)18(21)22-17-9-11-19-12-10-17/h1,4-9,15,19H,10-14H2,2H3/t15-/m1/s1. The maximum atomic E-state index is 12.4. The van der Waals surface area contributed by atoms with E-state index in [9.17, 15) is 4.79 Å². The molecule has 0 bridgehead atoms. The van der Waals surface area contributed by atoms with Crippen LogP contribution in [0.3, 0.4) is 0 Å². The first-order chi connectivity index (χ1) is 10.7. The van der Waals surface area contributed by atoms with Crippen LogP contribution in [0.15, 0.2) is 42.2 Å². The van der Waals surface area contributed by atoms with E-state index < -0.39 is 0 Å². The molecule has 0 saturated heterocycles. The first-order valence-electron chi connectivity index (χ1n) is 7.56. The fraction of sp³-hybridized carbons (Fsp3) is 0.389. The molecule has 1 N–H and O–H groups in total. The average Bonchev–Trinajstić information content (AvgIpc) is 2.54. The largest absolute Gasteiger partial charge is 0.415 e. The molecule has 0 saturated carbocycles. The molecule has 22 heavy (non-hydrogen) atoms. The van der Waals surface area contributed by atoms with Crippen molar-refractivity contribution in [2.24, 2.45) is 0 Å². The van der Waals surface area contributed by atoms with Crippen LogP contribution in [-0.4, -0.2) is 36.7 Å². The van der Waals surface area contributed by atoms with E-state index in [1.165, 1.54) is 5.56 Å². The fourth-order valence-corrected chi connectivity index (χ4v) is 2.43. The predicted octanol–water partition coefficient (Wildman–Crippen LogP) is 2.57. The number of amides is 1. The minimum Gasteiger partial charge on any atom is -0.415 e. The molecule has 0 unspecified atom stereocenters. The maximum Gasteiger partial charge on any atom is 0.415 e. The summed E-state index contributed by atoms with van der Waals surface area (Å²) in [6.45, 7) is 3.80. The van der Waals surface area contributed by atoms with Crippen molar-refractivity contribution in [1.82, 2.24) is 10.2 Å². The summed E-state index contributed by atoms with van der Waals surface area (Å²) in [5.74, 6) is 3.27. The van der Waals surface area contributed by atoms with Crippen LogP contribution in [0.1, 0.15) is 18.9 Å². The third kappa shape index (κ3) is 4.64. The highest BCUT2D eigenvalue weighted by atomic mass is 16.6. The van der Waals surface area contributed by atoms with Gasteiger partial charge in [0.1, 0.15) is 5.76 Å². The Balaban J connectivity index is 1.99. The number of ether oxygens (including phenoxy) is 1. The first kappa shape index (κ1) is 16.1. The molecule has 0 spiro atoms. The highest BCUT2D eigenvalue weighted by Gasteiger charge is 2.22. The minimum absolute atomic E-state index is 0.0201. The zero-order valence-electron chi connectivity index (χ0n) is 12.9. The number of hydrogen-bond donors (Lipinski definition) is 1. The Bertz CT molecular complexity index is 560. The van der Waals surface area contributed by atoms with Crippen LogP contribution in [0.25, 0.3) is 0 Å². The number of carbonyl (C=O) groups is 1. The highest BCUT2D eigenvalue weighted by Crippen LogP contribution is 2.13. The lowest BCUT2D eigenvalue weighted by atomic mass is 10.1. The van der Waals surface area contributed by atoms with Gasteiger partial charge in [0.15, 0.2) is 0 Å². The lowest BCUT2D eigenvalue weighted by Gasteiger charge is -2.27. The smallest absolute Gasteiger partial charge is 0.415 e. The van der Waals surface area contributed by atoms with Crippen LogP contribution < -0.4 is 5.32 Å². The average molecular weight is 298 g/mol. The number of hydrogen-bond acceptors (Lipinski definition) is 3. The molecule has 1 aromatic rings. The van der Waals surface area contributed by atoms with Crippen molar-refractivity contribution >= 4 is 6.09 Å². The summed E-state index contributed by atoms with van der Waals surface area (Å²) in [6.07, 6.45) is 8.41. The summed E-state index contributed by atoms with van der Waals surface area (Å²) in [4.78, 5) is 14.0. The molecule has 116 valence electrons. The number of rotatable bonds is 5. The molecular formula is C18H22N2O2. The summed E-state index contributed by atoms with van der Waals surface area (Å²) < 4.78 is 5.48. The Morgan fingerprint density at radius 3 is 2.86 bits per heavy atom. The van der Waals surface area contributed by atoms with Gasteiger partial charge in [0.2, 0.25) is 0 Å². The molecule has 1 aromatic carbocycles. The van der Waals surface area contributed by atoms with Crippen molar-refractivity contribution in [1.29, 1.82) is 0 Å². The van der Waals surface area contributed by atoms with Crippen LogP contribution in [0, 0.1) is 12.3 Å². The molecule has 1 aliphatic rings. The SMILES string of the molecule is C#CCN(C(=O)OC1=CCNCC1)[C@H](C)Cc1ccccc1. The van der Waals surface area contributed by atoms with Gasteiger partial charge in [-0.15, -0.1) is 6.42 Å². The van der Waals surface area contributed by atoms with Crippen LogP contribution in [0.4, 0.5) is 4.79 Å². The van der Waals surface area contributed by atoms with E-state index >= 15 is 0 Å². The van der Waals surface area contributed by atoms with E-state index in [0.717, 1.165) is 31.7 Å². The number of terminal acetylenes is 1. The van der Waals surface area contributed by atoms with E-state index in [0.29, 0.717) is 0 Å². The summed E-state index contributed by atoms with van der Waals surface area (Å²) in [5.41, 5.74) is 1.17. The van der Waals surface area contributed by atoms with Crippen molar-refractivity contribution in [3.8, 4) is 12.3 Å². The van der Waals surface area contributed by atoms with Gasteiger partial charge < -0.3 is 10.1 Å². The number of nitrogens with one attached hydrogen (secondary N) is 1. The quantitative estimate of drug-likeness (QED) is 0.850. The molecule has 1 atom stereocenters. The summed E-state index contributed by atoms with van der Waals surface area (Å²) in [7, 11) is 0. The molecule has 0 fully saturated rings. The molecular weight excluding hydrogens is 276 g/mol. The second kappa shape index (κ2) is 8.26. The zero-order chi connectivity index (χ0) is 15.8. The lowest BCUT2D eigenvalue weighted by molar-refractivity contribution is 0.116. The molecule has 1 amide bonds. The fourth-order valence-electron chi connectivity index (χ4n) is 2.43. The number of nitrogens with zero attached hydrogens (tertiary/aromatic N) is 1. The third-order valence-electron chi connectivity index (χ3n) is 3.64. The van der Waals surface area contributed by atoms with Gasteiger partial charge in [-0.25, -0.2) is 4.79 Å². The molecule has 0 aromatic heterocycles. The second-order valence-electron chi connectivity index (χ2n) is 5.36. The van der Waals surface area contributed by atoms with Gasteiger partial charge in [0.05, 0.1) is 6.54 Å². The van der Waals surface area contributed by atoms with E-state index in [2.05, 4.69) is 11.2 Å². The molecule has 4 nitrogen and oxygen atoms in total. The van der Waals surface area contributed by atoms with Crippen molar-refractivity contribution in [2.45, 2.75) is 25.8 Å². The minimum atomic E-state index is -0.366. The van der Waals surface area contributed by atoms with Crippen molar-refractivity contribution in [3.05, 3.63) is 47.7 Å². The summed E-state index contributed by atoms with van der Waals surface area (Å²) in [5, 5.41) is 3.18. The monoisotopic (exact) mass is 298 g/mol. The Morgan fingerprint density at radius 1 is 1.45 bits per heavy atom. The Kier molecular flexibility index (Phi) is 6.05. The Hall–Kier alpha value is -2.25. The third-order valence-corrected chi connectivity index (χ3v) is 3.64. The van der Waals surface area contributed by atoms with E-state index in [4.69, 9.17) is 11.2 Å². The summed E-state index contributed by atoms with van der Waals surface area (Å²) >= 11 is 0. The maximum absolute atomic E-state index is 12.4. The highest BCUT2D eigenvalue weighted by molar-refractivity contribution is 5.69. The second-order valence-corrected chi connectivity index (χ2v) is 5.36.